The number of hydrogen-bond acceptors (Lipinski definition) is 4. The third kappa shape index (κ3) is 4.30. The number of hydrogen-bond donors (Lipinski definition) is 3. The summed E-state index contributed by atoms with van der Waals surface area (Å²) in [5.74, 6) is 0. The third-order valence-corrected chi connectivity index (χ3v) is 2.54. The zero-order valence-electron chi connectivity index (χ0n) is 9.61. The number of aliphatic hydroxyl groups excluding tert-OH is 2. The van der Waals surface area contributed by atoms with Gasteiger partial charge in [0.25, 0.3) is 0 Å². The molecule has 4 nitrogen and oxygen atoms in total. The normalized spacial score (nSPS) is 27.5. The van der Waals surface area contributed by atoms with E-state index in [1.165, 1.54) is 0 Å². The number of nitrogens with one attached hydrogen (secondary N) is 1. The molecule has 0 saturated carbocycles. The van der Waals surface area contributed by atoms with Crippen molar-refractivity contribution in [1.82, 2.24) is 10.2 Å². The van der Waals surface area contributed by atoms with Gasteiger partial charge in [0.1, 0.15) is 0 Å². The molecule has 3 N–H and O–H groups in total. The predicted molar refractivity (Wildman–Crippen MR) is 60.7 cm³/mol. The van der Waals surface area contributed by atoms with E-state index in [0.717, 1.165) is 18.7 Å². The Morgan fingerprint density at radius 2 is 1.93 bits per heavy atom. The summed E-state index contributed by atoms with van der Waals surface area (Å²) in [6.45, 7) is 10.8. The van der Waals surface area contributed by atoms with Crippen molar-refractivity contribution in [1.29, 1.82) is 0 Å². The molecule has 1 aliphatic heterocycles. The number of aliphatic hydroxyl groups is 2. The molecule has 0 bridgehead atoms. The monoisotopic (exact) mass is 214 g/mol. The molecule has 2 unspecified atom stereocenters. The quantitative estimate of drug-likeness (QED) is 0.544. The van der Waals surface area contributed by atoms with Crippen LogP contribution in [-0.2, 0) is 0 Å². The highest BCUT2D eigenvalue weighted by molar-refractivity contribution is 5.02. The van der Waals surface area contributed by atoms with Gasteiger partial charge < -0.3 is 15.5 Å². The summed E-state index contributed by atoms with van der Waals surface area (Å²) in [4.78, 5) is 2.03. The largest absolute Gasteiger partial charge is 0.389 e. The van der Waals surface area contributed by atoms with Crippen LogP contribution in [0.1, 0.15) is 13.8 Å². The van der Waals surface area contributed by atoms with E-state index in [2.05, 4.69) is 25.7 Å². The van der Waals surface area contributed by atoms with Gasteiger partial charge in [0.2, 0.25) is 0 Å². The van der Waals surface area contributed by atoms with E-state index in [4.69, 9.17) is 0 Å². The fraction of sp³-hybridized carbons (Fsp3) is 0.818. The van der Waals surface area contributed by atoms with Crippen LogP contribution in [0.2, 0.25) is 0 Å². The lowest BCUT2D eigenvalue weighted by molar-refractivity contribution is 0.0572. The first kappa shape index (κ1) is 12.6. The SMILES string of the molecule is C=C(CNC(C)C)CN1CC(O)C(O)C1. The van der Waals surface area contributed by atoms with Crippen molar-refractivity contribution in [2.45, 2.75) is 32.1 Å². The Bertz CT molecular complexity index is 209. The maximum atomic E-state index is 9.36. The van der Waals surface area contributed by atoms with Crippen LogP contribution in [0.15, 0.2) is 12.2 Å². The Morgan fingerprint density at radius 3 is 2.40 bits per heavy atom. The van der Waals surface area contributed by atoms with Gasteiger partial charge in [-0.1, -0.05) is 20.4 Å². The molecule has 0 spiro atoms. The minimum Gasteiger partial charge on any atom is -0.389 e. The fourth-order valence-corrected chi connectivity index (χ4v) is 1.70. The first-order chi connectivity index (χ1) is 6.99. The van der Waals surface area contributed by atoms with Crippen molar-refractivity contribution in [3.8, 4) is 0 Å². The van der Waals surface area contributed by atoms with E-state index in [-0.39, 0.29) is 0 Å². The van der Waals surface area contributed by atoms with Crippen LogP contribution in [0.5, 0.6) is 0 Å². The molecule has 88 valence electrons. The Hall–Kier alpha value is -0.420. The van der Waals surface area contributed by atoms with Gasteiger partial charge in [0.05, 0.1) is 12.2 Å². The second-order valence-electron chi connectivity index (χ2n) is 4.61. The molecule has 0 aromatic heterocycles. The van der Waals surface area contributed by atoms with Crippen molar-refractivity contribution in [3.63, 3.8) is 0 Å². The van der Waals surface area contributed by atoms with Gasteiger partial charge in [0.15, 0.2) is 0 Å². The van der Waals surface area contributed by atoms with E-state index in [9.17, 15) is 10.2 Å². The molecule has 0 aliphatic carbocycles. The average Bonchev–Trinajstić information content (AvgIpc) is 2.42. The van der Waals surface area contributed by atoms with Crippen LogP contribution in [0.25, 0.3) is 0 Å². The number of likely N-dealkylation sites (tertiary alicyclic amines) is 1. The third-order valence-electron chi connectivity index (χ3n) is 2.54. The summed E-state index contributed by atoms with van der Waals surface area (Å²) in [6, 6.07) is 0.455. The molecule has 0 aromatic rings. The van der Waals surface area contributed by atoms with Crippen molar-refractivity contribution in [3.05, 3.63) is 12.2 Å². The fourth-order valence-electron chi connectivity index (χ4n) is 1.70. The number of rotatable bonds is 5. The Labute approximate surface area is 91.6 Å². The second kappa shape index (κ2) is 5.61. The molecule has 2 atom stereocenters. The summed E-state index contributed by atoms with van der Waals surface area (Å²) in [7, 11) is 0. The molecule has 1 fully saturated rings. The van der Waals surface area contributed by atoms with Gasteiger partial charge in [-0.2, -0.15) is 0 Å². The first-order valence-corrected chi connectivity index (χ1v) is 5.47. The highest BCUT2D eigenvalue weighted by Crippen LogP contribution is 2.10. The van der Waals surface area contributed by atoms with Crippen LogP contribution in [-0.4, -0.2) is 59.5 Å². The van der Waals surface area contributed by atoms with E-state index in [1.807, 2.05) is 4.90 Å². The molecule has 1 heterocycles. The van der Waals surface area contributed by atoms with Crippen LogP contribution < -0.4 is 5.32 Å². The molecule has 15 heavy (non-hydrogen) atoms. The molecule has 0 radical (unpaired) electrons. The highest BCUT2D eigenvalue weighted by atomic mass is 16.3. The molecule has 1 saturated heterocycles. The van der Waals surface area contributed by atoms with Gasteiger partial charge in [-0.25, -0.2) is 0 Å². The smallest absolute Gasteiger partial charge is 0.0938 e. The lowest BCUT2D eigenvalue weighted by atomic mass is 10.2. The van der Waals surface area contributed by atoms with Crippen LogP contribution >= 0.6 is 0 Å². The van der Waals surface area contributed by atoms with Crippen molar-refractivity contribution in [2.24, 2.45) is 0 Å². The molecular formula is C11H22N2O2. The lowest BCUT2D eigenvalue weighted by Gasteiger charge is -2.17. The maximum Gasteiger partial charge on any atom is 0.0938 e. The lowest BCUT2D eigenvalue weighted by Crippen LogP contribution is -2.31. The van der Waals surface area contributed by atoms with Gasteiger partial charge >= 0.3 is 0 Å². The zero-order chi connectivity index (χ0) is 11.4. The second-order valence-corrected chi connectivity index (χ2v) is 4.61. The topological polar surface area (TPSA) is 55.7 Å². The van der Waals surface area contributed by atoms with E-state index >= 15 is 0 Å². The van der Waals surface area contributed by atoms with Crippen LogP contribution in [0.4, 0.5) is 0 Å². The Kier molecular flexibility index (Phi) is 4.73. The first-order valence-electron chi connectivity index (χ1n) is 5.47. The van der Waals surface area contributed by atoms with Crippen molar-refractivity contribution < 1.29 is 10.2 Å². The van der Waals surface area contributed by atoms with Gasteiger partial charge in [0, 0.05) is 32.2 Å². The Morgan fingerprint density at radius 1 is 1.40 bits per heavy atom. The molecule has 1 rings (SSSR count). The summed E-state index contributed by atoms with van der Waals surface area (Å²) >= 11 is 0. The van der Waals surface area contributed by atoms with Crippen LogP contribution in [0.3, 0.4) is 0 Å². The Balaban J connectivity index is 2.21. The maximum absolute atomic E-state index is 9.36. The standard InChI is InChI=1S/C11H22N2O2/c1-8(2)12-4-9(3)5-13-6-10(14)11(15)7-13/h8,10-12,14-15H,3-7H2,1-2H3. The summed E-state index contributed by atoms with van der Waals surface area (Å²) < 4.78 is 0. The number of nitrogens with zero attached hydrogens (tertiary/aromatic N) is 1. The molecule has 1 aliphatic rings. The van der Waals surface area contributed by atoms with E-state index < -0.39 is 12.2 Å². The van der Waals surface area contributed by atoms with Crippen LogP contribution in [0, 0.1) is 0 Å². The summed E-state index contributed by atoms with van der Waals surface area (Å²) in [5, 5.41) is 22.0. The molecule has 0 aromatic carbocycles. The molecule has 4 heteroatoms. The van der Waals surface area contributed by atoms with E-state index in [0.29, 0.717) is 19.1 Å². The highest BCUT2D eigenvalue weighted by Gasteiger charge is 2.29. The van der Waals surface area contributed by atoms with Gasteiger partial charge in [-0.15, -0.1) is 0 Å². The predicted octanol–water partition coefficient (Wildman–Crippen LogP) is -0.422. The average molecular weight is 214 g/mol. The molecule has 0 amide bonds. The minimum atomic E-state index is -0.601. The van der Waals surface area contributed by atoms with E-state index in [1.54, 1.807) is 0 Å². The summed E-state index contributed by atoms with van der Waals surface area (Å²) in [6.07, 6.45) is -1.20. The minimum absolute atomic E-state index is 0.455. The van der Waals surface area contributed by atoms with Gasteiger partial charge in [-0.3, -0.25) is 4.90 Å². The van der Waals surface area contributed by atoms with Gasteiger partial charge in [-0.05, 0) is 5.57 Å². The summed E-state index contributed by atoms with van der Waals surface area (Å²) in [5.41, 5.74) is 1.09. The molecular weight excluding hydrogens is 192 g/mol. The van der Waals surface area contributed by atoms with Crippen molar-refractivity contribution in [2.75, 3.05) is 26.2 Å². The number of β-amino-alcohol motifs (C(OH)–C–C–N with tert-alkyl or cyclic N) is 2. The zero-order valence-corrected chi connectivity index (χ0v) is 9.61. The van der Waals surface area contributed by atoms with Crippen molar-refractivity contribution >= 4 is 0 Å².